The van der Waals surface area contributed by atoms with Gasteiger partial charge in [-0.2, -0.15) is 13.2 Å². The van der Waals surface area contributed by atoms with Crippen molar-refractivity contribution in [3.8, 4) is 0 Å². The molecule has 8 heteroatoms. The molecule has 5 aromatic rings. The molecule has 0 spiro atoms. The number of aromatic nitrogens is 1. The van der Waals surface area contributed by atoms with E-state index in [1.807, 2.05) is 54.6 Å². The molecule has 186 valence electrons. The molecule has 2 heterocycles. The van der Waals surface area contributed by atoms with Crippen LogP contribution in [0.15, 0.2) is 89.7 Å². The number of alkyl halides is 3. The molecule has 0 aliphatic carbocycles. The van der Waals surface area contributed by atoms with Crippen molar-refractivity contribution < 1.29 is 13.2 Å². The molecule has 0 aliphatic rings. The van der Waals surface area contributed by atoms with Crippen molar-refractivity contribution in [2.45, 2.75) is 12.1 Å². The second-order valence-corrected chi connectivity index (χ2v) is 10.7. The van der Waals surface area contributed by atoms with E-state index in [1.54, 1.807) is 12.2 Å². The Kier molecular flexibility index (Phi) is 6.99. The Hall–Kier alpha value is -3.32. The summed E-state index contributed by atoms with van der Waals surface area (Å²) in [6.45, 7) is 0. The number of pyridine rings is 1. The monoisotopic (exact) mass is 555 g/mol. The number of thiophene rings is 1. The zero-order chi connectivity index (χ0) is 26.2. The number of fused-ring (bicyclic) bond motifs is 1. The van der Waals surface area contributed by atoms with Crippen molar-refractivity contribution >= 4 is 57.6 Å². The molecule has 37 heavy (non-hydrogen) atoms. The van der Waals surface area contributed by atoms with Gasteiger partial charge in [-0.1, -0.05) is 65.7 Å². The number of benzene rings is 3. The van der Waals surface area contributed by atoms with E-state index in [9.17, 15) is 18.0 Å². The van der Waals surface area contributed by atoms with Crippen LogP contribution in [0.2, 0.25) is 9.36 Å². The van der Waals surface area contributed by atoms with Crippen LogP contribution < -0.4 is 5.56 Å². The molecule has 0 saturated heterocycles. The number of nitrogens with one attached hydrogen (secondary N) is 1. The third-order valence-corrected chi connectivity index (χ3v) is 7.56. The van der Waals surface area contributed by atoms with Gasteiger partial charge in [0, 0.05) is 32.8 Å². The van der Waals surface area contributed by atoms with Gasteiger partial charge in [-0.15, -0.1) is 11.3 Å². The van der Waals surface area contributed by atoms with E-state index in [1.165, 1.54) is 29.5 Å². The summed E-state index contributed by atoms with van der Waals surface area (Å²) in [5.41, 5.74) is 2.94. The van der Waals surface area contributed by atoms with Crippen LogP contribution in [0.1, 0.15) is 38.6 Å². The Morgan fingerprint density at radius 3 is 2.16 bits per heavy atom. The average Bonchev–Trinajstić information content (AvgIpc) is 3.29. The number of H-pyrrole nitrogens is 1. The zero-order valence-corrected chi connectivity index (χ0v) is 21.3. The minimum absolute atomic E-state index is 0.113. The molecule has 0 saturated carbocycles. The second kappa shape index (κ2) is 10.2. The summed E-state index contributed by atoms with van der Waals surface area (Å²) < 4.78 is 39.3. The molecule has 2 aromatic heterocycles. The molecule has 5 rings (SSSR count). The molecule has 0 radical (unpaired) electrons. The van der Waals surface area contributed by atoms with Gasteiger partial charge in [0.15, 0.2) is 0 Å². The molecule has 0 amide bonds. The highest BCUT2D eigenvalue weighted by molar-refractivity contribution is 7.16. The van der Waals surface area contributed by atoms with E-state index in [0.717, 1.165) is 33.5 Å². The van der Waals surface area contributed by atoms with Gasteiger partial charge in [-0.05, 0) is 70.8 Å². The third kappa shape index (κ3) is 5.67. The predicted octanol–water partition coefficient (Wildman–Crippen LogP) is 9.27. The fraction of sp³-hybridized carbons (Fsp3) is 0.0690. The lowest BCUT2D eigenvalue weighted by Gasteiger charge is -2.18. The molecular formula is C29H18Cl2F3NOS. The Morgan fingerprint density at radius 2 is 1.51 bits per heavy atom. The van der Waals surface area contributed by atoms with E-state index in [2.05, 4.69) is 4.98 Å². The molecule has 0 bridgehead atoms. The van der Waals surface area contributed by atoms with Crippen LogP contribution in [-0.4, -0.2) is 4.98 Å². The molecule has 0 aliphatic heterocycles. The first-order valence-electron chi connectivity index (χ1n) is 11.2. The van der Waals surface area contributed by atoms with Crippen molar-refractivity contribution in [1.82, 2.24) is 4.98 Å². The van der Waals surface area contributed by atoms with Crippen molar-refractivity contribution in [3.63, 3.8) is 0 Å². The van der Waals surface area contributed by atoms with Crippen molar-refractivity contribution in [2.75, 3.05) is 0 Å². The summed E-state index contributed by atoms with van der Waals surface area (Å²) in [7, 11) is 0. The van der Waals surface area contributed by atoms with Crippen LogP contribution in [0.25, 0.3) is 23.1 Å². The van der Waals surface area contributed by atoms with Crippen LogP contribution in [-0.2, 0) is 6.18 Å². The van der Waals surface area contributed by atoms with Crippen molar-refractivity contribution in [3.05, 3.63) is 137 Å². The summed E-state index contributed by atoms with van der Waals surface area (Å²) in [6.07, 6.45) is -0.963. The van der Waals surface area contributed by atoms with Crippen LogP contribution in [0, 0.1) is 0 Å². The topological polar surface area (TPSA) is 32.9 Å². The van der Waals surface area contributed by atoms with E-state index in [0.29, 0.717) is 26.0 Å². The first-order chi connectivity index (χ1) is 17.7. The number of hydrogen-bond acceptors (Lipinski definition) is 2. The zero-order valence-electron chi connectivity index (χ0n) is 19.0. The van der Waals surface area contributed by atoms with Crippen LogP contribution >= 0.6 is 34.5 Å². The number of halogens is 5. The second-order valence-electron chi connectivity index (χ2n) is 8.47. The molecule has 3 aromatic carbocycles. The average molecular weight is 556 g/mol. The van der Waals surface area contributed by atoms with Crippen molar-refractivity contribution in [1.29, 1.82) is 0 Å². The Morgan fingerprint density at radius 1 is 0.811 bits per heavy atom. The maximum atomic E-state index is 12.9. The summed E-state index contributed by atoms with van der Waals surface area (Å²) in [4.78, 5) is 16.2. The van der Waals surface area contributed by atoms with Gasteiger partial charge >= 0.3 is 6.18 Å². The number of rotatable bonds is 5. The SMILES string of the molecule is O=c1cc(C=Cc2ccc(C(F)(F)F)cc2)c2cc(C(c3ccc(Cl)cc3)c3ccc(Cl)s3)ccc2[nH]1. The van der Waals surface area contributed by atoms with E-state index >= 15 is 0 Å². The molecule has 2 nitrogen and oxygen atoms in total. The van der Waals surface area contributed by atoms with E-state index < -0.39 is 11.7 Å². The van der Waals surface area contributed by atoms with Gasteiger partial charge in [0.1, 0.15) is 0 Å². The minimum Gasteiger partial charge on any atom is -0.322 e. The highest BCUT2D eigenvalue weighted by Gasteiger charge is 2.29. The summed E-state index contributed by atoms with van der Waals surface area (Å²) in [5, 5.41) is 1.44. The Balaban J connectivity index is 1.59. The smallest absolute Gasteiger partial charge is 0.322 e. The number of hydrogen-bond donors (Lipinski definition) is 1. The fourth-order valence-electron chi connectivity index (χ4n) is 4.24. The fourth-order valence-corrected chi connectivity index (χ4v) is 5.59. The highest BCUT2D eigenvalue weighted by Crippen LogP contribution is 2.39. The van der Waals surface area contributed by atoms with Crippen LogP contribution in [0.3, 0.4) is 0 Å². The Labute approximate surface area is 224 Å². The Bertz CT molecular complexity index is 1650. The number of aromatic amines is 1. The molecule has 0 fully saturated rings. The lowest BCUT2D eigenvalue weighted by molar-refractivity contribution is -0.137. The van der Waals surface area contributed by atoms with Gasteiger partial charge in [0.05, 0.1) is 9.90 Å². The van der Waals surface area contributed by atoms with E-state index in [-0.39, 0.29) is 11.5 Å². The quantitative estimate of drug-likeness (QED) is 0.230. The lowest BCUT2D eigenvalue weighted by Crippen LogP contribution is -2.06. The van der Waals surface area contributed by atoms with Crippen molar-refractivity contribution in [2.24, 2.45) is 0 Å². The van der Waals surface area contributed by atoms with Crippen LogP contribution in [0.5, 0.6) is 0 Å². The summed E-state index contributed by atoms with van der Waals surface area (Å²) >= 11 is 13.9. The normalized spacial score (nSPS) is 12.9. The van der Waals surface area contributed by atoms with Gasteiger partial charge < -0.3 is 4.98 Å². The molecular weight excluding hydrogens is 538 g/mol. The molecule has 1 N–H and O–H groups in total. The first-order valence-corrected chi connectivity index (χ1v) is 12.8. The lowest BCUT2D eigenvalue weighted by atomic mass is 9.88. The first kappa shape index (κ1) is 25.3. The van der Waals surface area contributed by atoms with Gasteiger partial charge in [-0.3, -0.25) is 4.79 Å². The third-order valence-electron chi connectivity index (χ3n) is 6.01. The summed E-state index contributed by atoms with van der Waals surface area (Å²) in [5.74, 6) is -0.113. The highest BCUT2D eigenvalue weighted by atomic mass is 35.5. The van der Waals surface area contributed by atoms with Gasteiger partial charge in [0.25, 0.3) is 0 Å². The molecule has 1 atom stereocenters. The predicted molar refractivity (Wildman–Crippen MR) is 147 cm³/mol. The molecule has 1 unspecified atom stereocenters. The van der Waals surface area contributed by atoms with Crippen LogP contribution in [0.4, 0.5) is 13.2 Å². The minimum atomic E-state index is -4.39. The van der Waals surface area contributed by atoms with Gasteiger partial charge in [-0.25, -0.2) is 0 Å². The summed E-state index contributed by atoms with van der Waals surface area (Å²) in [6, 6.07) is 23.7. The van der Waals surface area contributed by atoms with E-state index in [4.69, 9.17) is 23.2 Å². The maximum absolute atomic E-state index is 12.9. The standard InChI is InChI=1S/C29H18Cl2F3NOS/c30-22-10-5-18(6-11-22)28(25-13-14-26(31)37-25)20-7-12-24-23(15-20)19(16-27(36)35-24)4-1-17-2-8-21(9-3-17)29(32,33)34/h1-16,28H,(H,35,36). The largest absolute Gasteiger partial charge is 0.416 e. The van der Waals surface area contributed by atoms with Gasteiger partial charge in [0.2, 0.25) is 5.56 Å². The maximum Gasteiger partial charge on any atom is 0.416 e.